The van der Waals surface area contributed by atoms with E-state index >= 15 is 0 Å². The number of nitrogens with one attached hydrogen (secondary N) is 1. The lowest BCUT2D eigenvalue weighted by Crippen LogP contribution is -2.36. The molecule has 0 bridgehead atoms. The standard InChI is InChI=1S/C13H14N2O/c14-9-11-7-4-8-12(11)15-13(16)10-5-2-1-3-6-10/h1-3,5-6,11-12H,4,7-8H2,(H,15,16)/t11-,12-/m1/s1. The predicted molar refractivity (Wildman–Crippen MR) is 60.7 cm³/mol. The van der Waals surface area contributed by atoms with Crippen LogP contribution in [0, 0.1) is 17.2 Å². The highest BCUT2D eigenvalue weighted by Gasteiger charge is 2.28. The summed E-state index contributed by atoms with van der Waals surface area (Å²) in [6, 6.07) is 11.4. The van der Waals surface area contributed by atoms with E-state index in [1.54, 1.807) is 12.1 Å². The molecule has 0 unspecified atom stereocenters. The van der Waals surface area contributed by atoms with Crippen molar-refractivity contribution in [2.24, 2.45) is 5.92 Å². The van der Waals surface area contributed by atoms with Gasteiger partial charge in [-0.3, -0.25) is 4.79 Å². The molecule has 0 radical (unpaired) electrons. The summed E-state index contributed by atoms with van der Waals surface area (Å²) in [6.45, 7) is 0. The number of carbonyl (C=O) groups is 1. The summed E-state index contributed by atoms with van der Waals surface area (Å²) in [7, 11) is 0. The molecule has 3 heteroatoms. The molecule has 0 saturated heterocycles. The Morgan fingerprint density at radius 1 is 1.31 bits per heavy atom. The molecule has 1 fully saturated rings. The number of rotatable bonds is 2. The van der Waals surface area contributed by atoms with Crippen LogP contribution < -0.4 is 5.32 Å². The van der Waals surface area contributed by atoms with Gasteiger partial charge in [0.2, 0.25) is 0 Å². The second-order valence-electron chi connectivity index (χ2n) is 4.11. The Balaban J connectivity index is 2.01. The average Bonchev–Trinajstić information content (AvgIpc) is 2.77. The van der Waals surface area contributed by atoms with Gasteiger partial charge in [0.15, 0.2) is 0 Å². The SMILES string of the molecule is N#C[C@H]1CCC[C@H]1NC(=O)c1ccccc1. The van der Waals surface area contributed by atoms with Crippen molar-refractivity contribution in [3.05, 3.63) is 35.9 Å². The van der Waals surface area contributed by atoms with E-state index in [1.165, 1.54) is 0 Å². The van der Waals surface area contributed by atoms with E-state index in [0.717, 1.165) is 19.3 Å². The van der Waals surface area contributed by atoms with Crippen LogP contribution in [-0.2, 0) is 0 Å². The molecule has 2 rings (SSSR count). The van der Waals surface area contributed by atoms with Gasteiger partial charge in [0, 0.05) is 11.6 Å². The minimum absolute atomic E-state index is 0.0207. The van der Waals surface area contributed by atoms with Crippen LogP contribution >= 0.6 is 0 Å². The maximum absolute atomic E-state index is 11.8. The largest absolute Gasteiger partial charge is 0.348 e. The fourth-order valence-electron chi connectivity index (χ4n) is 2.13. The Bertz CT molecular complexity index is 408. The summed E-state index contributed by atoms with van der Waals surface area (Å²) >= 11 is 0. The van der Waals surface area contributed by atoms with Crippen molar-refractivity contribution in [2.75, 3.05) is 0 Å². The maximum Gasteiger partial charge on any atom is 0.251 e. The van der Waals surface area contributed by atoms with Crippen molar-refractivity contribution in [3.63, 3.8) is 0 Å². The second-order valence-corrected chi connectivity index (χ2v) is 4.11. The third kappa shape index (κ3) is 2.22. The van der Waals surface area contributed by atoms with Crippen LogP contribution in [0.1, 0.15) is 29.6 Å². The molecule has 1 aromatic carbocycles. The van der Waals surface area contributed by atoms with Gasteiger partial charge in [0.1, 0.15) is 0 Å². The molecule has 1 aliphatic rings. The van der Waals surface area contributed by atoms with Crippen LogP contribution in [0.25, 0.3) is 0 Å². The van der Waals surface area contributed by atoms with E-state index in [9.17, 15) is 4.79 Å². The van der Waals surface area contributed by atoms with Gasteiger partial charge in [-0.05, 0) is 31.4 Å². The van der Waals surface area contributed by atoms with Crippen LogP contribution in [0.4, 0.5) is 0 Å². The lowest BCUT2D eigenvalue weighted by molar-refractivity contribution is 0.0933. The number of amides is 1. The highest BCUT2D eigenvalue weighted by atomic mass is 16.1. The Morgan fingerprint density at radius 2 is 2.06 bits per heavy atom. The van der Waals surface area contributed by atoms with Crippen LogP contribution in [0.5, 0.6) is 0 Å². The van der Waals surface area contributed by atoms with E-state index in [4.69, 9.17) is 5.26 Å². The number of hydrogen-bond donors (Lipinski definition) is 1. The minimum atomic E-state index is -0.0762. The number of nitriles is 1. The van der Waals surface area contributed by atoms with Crippen molar-refractivity contribution in [3.8, 4) is 6.07 Å². The first kappa shape index (κ1) is 10.7. The normalized spacial score (nSPS) is 23.7. The monoisotopic (exact) mass is 214 g/mol. The zero-order valence-electron chi connectivity index (χ0n) is 9.02. The molecule has 1 saturated carbocycles. The van der Waals surface area contributed by atoms with Crippen molar-refractivity contribution < 1.29 is 4.79 Å². The molecule has 0 aromatic heterocycles. The van der Waals surface area contributed by atoms with Gasteiger partial charge >= 0.3 is 0 Å². The van der Waals surface area contributed by atoms with Gasteiger partial charge in [-0.15, -0.1) is 0 Å². The number of carbonyl (C=O) groups excluding carboxylic acids is 1. The number of nitrogens with zero attached hydrogens (tertiary/aromatic N) is 1. The Morgan fingerprint density at radius 3 is 2.75 bits per heavy atom. The van der Waals surface area contributed by atoms with E-state index in [0.29, 0.717) is 5.56 Å². The summed E-state index contributed by atoms with van der Waals surface area (Å²) in [5.41, 5.74) is 0.658. The molecular formula is C13H14N2O. The Hall–Kier alpha value is -1.82. The molecule has 3 nitrogen and oxygen atoms in total. The molecule has 0 spiro atoms. The fourth-order valence-corrected chi connectivity index (χ4v) is 2.13. The van der Waals surface area contributed by atoms with Crippen LogP contribution in [0.2, 0.25) is 0 Å². The van der Waals surface area contributed by atoms with E-state index in [-0.39, 0.29) is 17.9 Å². The van der Waals surface area contributed by atoms with Gasteiger partial charge in [0.25, 0.3) is 5.91 Å². The third-order valence-electron chi connectivity index (χ3n) is 3.03. The molecule has 1 amide bonds. The van der Waals surface area contributed by atoms with E-state index in [1.807, 2.05) is 18.2 Å². The number of hydrogen-bond acceptors (Lipinski definition) is 2. The quantitative estimate of drug-likeness (QED) is 0.819. The molecular weight excluding hydrogens is 200 g/mol. The molecule has 82 valence electrons. The van der Waals surface area contributed by atoms with Gasteiger partial charge in [-0.1, -0.05) is 18.2 Å². The van der Waals surface area contributed by atoms with Gasteiger partial charge in [0.05, 0.1) is 12.0 Å². The van der Waals surface area contributed by atoms with Crippen LogP contribution in [-0.4, -0.2) is 11.9 Å². The lowest BCUT2D eigenvalue weighted by atomic mass is 10.1. The fraction of sp³-hybridized carbons (Fsp3) is 0.385. The van der Waals surface area contributed by atoms with E-state index < -0.39 is 0 Å². The third-order valence-corrected chi connectivity index (χ3v) is 3.03. The van der Waals surface area contributed by atoms with E-state index in [2.05, 4.69) is 11.4 Å². The van der Waals surface area contributed by atoms with Gasteiger partial charge in [-0.25, -0.2) is 0 Å². The molecule has 2 atom stereocenters. The van der Waals surface area contributed by atoms with Crippen LogP contribution in [0.15, 0.2) is 30.3 Å². The molecule has 1 N–H and O–H groups in total. The Labute approximate surface area is 95.1 Å². The van der Waals surface area contributed by atoms with Gasteiger partial charge < -0.3 is 5.32 Å². The van der Waals surface area contributed by atoms with Crippen molar-refractivity contribution in [1.29, 1.82) is 5.26 Å². The van der Waals surface area contributed by atoms with Crippen molar-refractivity contribution in [2.45, 2.75) is 25.3 Å². The molecule has 16 heavy (non-hydrogen) atoms. The van der Waals surface area contributed by atoms with Gasteiger partial charge in [-0.2, -0.15) is 5.26 Å². The topological polar surface area (TPSA) is 52.9 Å². The summed E-state index contributed by atoms with van der Waals surface area (Å²) < 4.78 is 0. The predicted octanol–water partition coefficient (Wildman–Crippen LogP) is 2.11. The minimum Gasteiger partial charge on any atom is -0.348 e. The second kappa shape index (κ2) is 4.80. The first-order chi connectivity index (χ1) is 7.81. The molecule has 0 aliphatic heterocycles. The first-order valence-corrected chi connectivity index (χ1v) is 5.57. The van der Waals surface area contributed by atoms with Crippen molar-refractivity contribution in [1.82, 2.24) is 5.32 Å². The summed E-state index contributed by atoms with van der Waals surface area (Å²) in [6.07, 6.45) is 2.84. The zero-order chi connectivity index (χ0) is 11.4. The average molecular weight is 214 g/mol. The molecule has 0 heterocycles. The number of benzene rings is 1. The molecule has 1 aromatic rings. The summed E-state index contributed by atoms with van der Waals surface area (Å²) in [5, 5.41) is 11.9. The highest BCUT2D eigenvalue weighted by Crippen LogP contribution is 2.25. The first-order valence-electron chi connectivity index (χ1n) is 5.57. The Kier molecular flexibility index (Phi) is 3.21. The summed E-state index contributed by atoms with van der Waals surface area (Å²) in [4.78, 5) is 11.8. The lowest BCUT2D eigenvalue weighted by Gasteiger charge is -2.15. The molecule has 1 aliphatic carbocycles. The maximum atomic E-state index is 11.8. The van der Waals surface area contributed by atoms with Crippen LogP contribution in [0.3, 0.4) is 0 Å². The highest BCUT2D eigenvalue weighted by molar-refractivity contribution is 5.94. The zero-order valence-corrected chi connectivity index (χ0v) is 9.02. The smallest absolute Gasteiger partial charge is 0.251 e. The van der Waals surface area contributed by atoms with Crippen molar-refractivity contribution >= 4 is 5.91 Å². The summed E-state index contributed by atoms with van der Waals surface area (Å²) in [5.74, 6) is -0.0968.